The lowest BCUT2D eigenvalue weighted by molar-refractivity contribution is 0.134. The van der Waals surface area contributed by atoms with E-state index in [4.69, 9.17) is 5.84 Å². The van der Waals surface area contributed by atoms with Gasteiger partial charge in [-0.2, -0.15) is 0 Å². The van der Waals surface area contributed by atoms with Gasteiger partial charge in [0.2, 0.25) is 0 Å². The van der Waals surface area contributed by atoms with Crippen LogP contribution in [0.1, 0.15) is 58.8 Å². The minimum Gasteiger partial charge on any atom is -0.271 e. The molecule has 16 heavy (non-hydrogen) atoms. The summed E-state index contributed by atoms with van der Waals surface area (Å²) < 4.78 is 0. The highest BCUT2D eigenvalue weighted by Crippen LogP contribution is 2.43. The van der Waals surface area contributed by atoms with Crippen LogP contribution in [-0.4, -0.2) is 6.04 Å². The molecule has 0 bridgehead atoms. The normalized spacial score (nSPS) is 34.7. The maximum absolute atomic E-state index is 5.84. The van der Waals surface area contributed by atoms with Gasteiger partial charge in [-0.3, -0.25) is 11.3 Å². The summed E-state index contributed by atoms with van der Waals surface area (Å²) in [7, 11) is 0. The van der Waals surface area contributed by atoms with Gasteiger partial charge in [0.1, 0.15) is 0 Å². The summed E-state index contributed by atoms with van der Waals surface area (Å²) >= 11 is 0. The van der Waals surface area contributed by atoms with E-state index < -0.39 is 0 Å². The Kier molecular flexibility index (Phi) is 4.26. The summed E-state index contributed by atoms with van der Waals surface area (Å²) in [6.07, 6.45) is 9.87. The van der Waals surface area contributed by atoms with Gasteiger partial charge in [0.15, 0.2) is 0 Å². The molecular weight excluding hydrogens is 196 g/mol. The number of nitrogens with two attached hydrogens (primary N) is 1. The molecule has 0 aromatic rings. The van der Waals surface area contributed by atoms with E-state index in [9.17, 15) is 0 Å². The fourth-order valence-corrected chi connectivity index (χ4v) is 3.80. The van der Waals surface area contributed by atoms with E-state index in [0.717, 1.165) is 23.7 Å². The maximum atomic E-state index is 5.84. The second kappa shape index (κ2) is 5.50. The van der Waals surface area contributed by atoms with Gasteiger partial charge >= 0.3 is 0 Å². The van der Waals surface area contributed by atoms with Crippen molar-refractivity contribution >= 4 is 0 Å². The Morgan fingerprint density at radius 3 is 2.44 bits per heavy atom. The molecular formula is C14H28N2. The van der Waals surface area contributed by atoms with E-state index >= 15 is 0 Å². The lowest BCUT2D eigenvalue weighted by Gasteiger charge is -2.39. The molecule has 2 nitrogen and oxygen atoms in total. The number of rotatable bonds is 5. The Morgan fingerprint density at radius 1 is 1.19 bits per heavy atom. The van der Waals surface area contributed by atoms with Gasteiger partial charge in [0, 0.05) is 6.04 Å². The predicted molar refractivity (Wildman–Crippen MR) is 68.7 cm³/mol. The van der Waals surface area contributed by atoms with Crippen molar-refractivity contribution < 1.29 is 0 Å². The molecule has 0 saturated heterocycles. The van der Waals surface area contributed by atoms with Gasteiger partial charge in [-0.25, -0.2) is 0 Å². The van der Waals surface area contributed by atoms with Crippen LogP contribution in [0.25, 0.3) is 0 Å². The molecule has 0 spiro atoms. The van der Waals surface area contributed by atoms with Gasteiger partial charge in [0.25, 0.3) is 0 Å². The van der Waals surface area contributed by atoms with Crippen molar-refractivity contribution in [1.29, 1.82) is 0 Å². The van der Waals surface area contributed by atoms with Crippen molar-refractivity contribution in [3.05, 3.63) is 0 Å². The molecule has 2 rings (SSSR count). The van der Waals surface area contributed by atoms with Crippen molar-refractivity contribution in [3.8, 4) is 0 Å². The molecule has 2 saturated carbocycles. The summed E-state index contributed by atoms with van der Waals surface area (Å²) in [6.45, 7) is 4.75. The highest BCUT2D eigenvalue weighted by Gasteiger charge is 2.39. The van der Waals surface area contributed by atoms with Crippen LogP contribution < -0.4 is 11.3 Å². The fraction of sp³-hybridized carbons (Fsp3) is 1.00. The van der Waals surface area contributed by atoms with Crippen LogP contribution in [0, 0.1) is 23.7 Å². The van der Waals surface area contributed by atoms with Crippen LogP contribution >= 0.6 is 0 Å². The van der Waals surface area contributed by atoms with Crippen LogP contribution in [0.3, 0.4) is 0 Å². The van der Waals surface area contributed by atoms with Crippen molar-refractivity contribution in [3.63, 3.8) is 0 Å². The molecule has 0 heterocycles. The van der Waals surface area contributed by atoms with Crippen molar-refractivity contribution in [1.82, 2.24) is 5.43 Å². The molecule has 4 unspecified atom stereocenters. The topological polar surface area (TPSA) is 38.0 Å². The van der Waals surface area contributed by atoms with E-state index in [1.54, 1.807) is 0 Å². The molecule has 2 aliphatic rings. The number of hydrazine groups is 1. The lowest BCUT2D eigenvalue weighted by Crippen LogP contribution is -2.49. The first-order valence-corrected chi connectivity index (χ1v) is 7.24. The second-order valence-electron chi connectivity index (χ2n) is 6.01. The summed E-state index contributed by atoms with van der Waals surface area (Å²) in [5.41, 5.74) is 3.16. The monoisotopic (exact) mass is 224 g/mol. The Bertz CT molecular complexity index is 211. The largest absolute Gasteiger partial charge is 0.271 e. The van der Waals surface area contributed by atoms with Crippen LogP contribution in [0.5, 0.6) is 0 Å². The molecule has 4 atom stereocenters. The molecule has 2 aliphatic carbocycles. The van der Waals surface area contributed by atoms with Gasteiger partial charge < -0.3 is 0 Å². The summed E-state index contributed by atoms with van der Waals surface area (Å²) in [5, 5.41) is 0. The summed E-state index contributed by atoms with van der Waals surface area (Å²) in [4.78, 5) is 0. The summed E-state index contributed by atoms with van der Waals surface area (Å²) in [5.74, 6) is 9.32. The van der Waals surface area contributed by atoms with Crippen LogP contribution in [0.2, 0.25) is 0 Å². The molecule has 0 radical (unpaired) electrons. The average molecular weight is 224 g/mol. The average Bonchev–Trinajstić information content (AvgIpc) is 3.14. The first kappa shape index (κ1) is 12.4. The van der Waals surface area contributed by atoms with Gasteiger partial charge in [-0.15, -0.1) is 0 Å². The van der Waals surface area contributed by atoms with E-state index in [1.807, 2.05) is 0 Å². The zero-order valence-electron chi connectivity index (χ0n) is 10.9. The first-order valence-electron chi connectivity index (χ1n) is 7.24. The van der Waals surface area contributed by atoms with Gasteiger partial charge in [0.05, 0.1) is 0 Å². The molecule has 0 aromatic carbocycles. The molecule has 2 heteroatoms. The molecule has 0 aromatic heterocycles. The maximum Gasteiger partial charge on any atom is 0.0269 e. The first-order chi connectivity index (χ1) is 7.77. The molecule has 3 N–H and O–H groups in total. The molecule has 0 amide bonds. The molecule has 0 aliphatic heterocycles. The van der Waals surface area contributed by atoms with E-state index in [-0.39, 0.29) is 0 Å². The van der Waals surface area contributed by atoms with E-state index in [2.05, 4.69) is 19.3 Å². The zero-order valence-corrected chi connectivity index (χ0v) is 10.9. The minimum absolute atomic E-state index is 0.567. The third-order valence-corrected chi connectivity index (χ3v) is 5.08. The van der Waals surface area contributed by atoms with Crippen LogP contribution in [0.4, 0.5) is 0 Å². The Hall–Kier alpha value is -0.0800. The Balaban J connectivity index is 1.99. The van der Waals surface area contributed by atoms with Crippen molar-refractivity contribution in [2.24, 2.45) is 29.5 Å². The van der Waals surface area contributed by atoms with Crippen LogP contribution in [-0.2, 0) is 0 Å². The van der Waals surface area contributed by atoms with Crippen molar-refractivity contribution in [2.75, 3.05) is 0 Å². The number of hydrogen-bond donors (Lipinski definition) is 2. The Labute approximate surface area is 100 Å². The highest BCUT2D eigenvalue weighted by molar-refractivity contribution is 4.92. The zero-order chi connectivity index (χ0) is 11.5. The van der Waals surface area contributed by atoms with Crippen molar-refractivity contribution in [2.45, 2.75) is 64.8 Å². The fourth-order valence-electron chi connectivity index (χ4n) is 3.80. The van der Waals surface area contributed by atoms with E-state index in [0.29, 0.717) is 6.04 Å². The Morgan fingerprint density at radius 2 is 1.88 bits per heavy atom. The van der Waals surface area contributed by atoms with Crippen LogP contribution in [0.15, 0.2) is 0 Å². The van der Waals surface area contributed by atoms with E-state index in [1.165, 1.54) is 44.9 Å². The minimum atomic E-state index is 0.567. The van der Waals surface area contributed by atoms with Gasteiger partial charge in [-0.1, -0.05) is 39.5 Å². The predicted octanol–water partition coefficient (Wildman–Crippen LogP) is 3.08. The summed E-state index contributed by atoms with van der Waals surface area (Å²) in [6, 6.07) is 0.567. The van der Waals surface area contributed by atoms with Gasteiger partial charge in [-0.05, 0) is 42.9 Å². The SMILES string of the molecule is CCC1CCCCC1C(NN)C(C)C1CC1. The third-order valence-electron chi connectivity index (χ3n) is 5.08. The smallest absolute Gasteiger partial charge is 0.0269 e. The third kappa shape index (κ3) is 2.60. The molecule has 94 valence electrons. The quantitative estimate of drug-likeness (QED) is 0.556. The lowest BCUT2D eigenvalue weighted by atomic mass is 9.70. The highest BCUT2D eigenvalue weighted by atomic mass is 15.2. The standard InChI is InChI=1S/C14H28N2/c1-3-11-6-4-5-7-13(11)14(16-15)10(2)12-8-9-12/h10-14,16H,3-9,15H2,1-2H3. The number of nitrogens with one attached hydrogen (secondary N) is 1. The number of hydrogen-bond acceptors (Lipinski definition) is 2. The molecule has 2 fully saturated rings. The second-order valence-corrected chi connectivity index (χ2v) is 6.01.